The summed E-state index contributed by atoms with van der Waals surface area (Å²) < 4.78 is 21.7. The molecule has 0 bridgehead atoms. The van der Waals surface area contributed by atoms with Crippen LogP contribution in [0, 0.1) is 6.92 Å². The van der Waals surface area contributed by atoms with E-state index in [4.69, 9.17) is 41.8 Å². The van der Waals surface area contributed by atoms with Gasteiger partial charge in [0.05, 0.1) is 37.5 Å². The lowest BCUT2D eigenvalue weighted by Crippen LogP contribution is -2.29. The Labute approximate surface area is 211 Å². The first kappa shape index (κ1) is 24.5. The number of aryl methyl sites for hydroxylation is 1. The normalized spacial score (nSPS) is 17.1. The number of carbonyl (C=O) groups excluding carboxylic acids is 2. The standard InChI is InChI=1S/C25H21Cl2NO7/c1-12-8-9-17(35-12)20-18(21(29)15-11-16(26)24(34-4)19(27)23(15)33-3)22(30)25(31)28(20)13-6-5-7-14(10-13)32-2/h5-11,20,29H,1-4H3/b21-18+. The van der Waals surface area contributed by atoms with Crippen LogP contribution in [0.25, 0.3) is 5.76 Å². The van der Waals surface area contributed by atoms with E-state index in [1.54, 1.807) is 43.3 Å². The molecule has 1 aliphatic rings. The maximum Gasteiger partial charge on any atom is 0.300 e. The maximum atomic E-state index is 13.3. The van der Waals surface area contributed by atoms with Crippen molar-refractivity contribution in [3.63, 3.8) is 0 Å². The largest absolute Gasteiger partial charge is 0.507 e. The molecular weight excluding hydrogens is 497 g/mol. The number of rotatable bonds is 6. The lowest BCUT2D eigenvalue weighted by molar-refractivity contribution is -0.132. The van der Waals surface area contributed by atoms with Gasteiger partial charge in [-0.2, -0.15) is 0 Å². The Kier molecular flexibility index (Phi) is 6.69. The van der Waals surface area contributed by atoms with Gasteiger partial charge in [-0.3, -0.25) is 14.5 Å². The fraction of sp³-hybridized carbons (Fsp3) is 0.200. The molecular formula is C25H21Cl2NO7. The molecule has 1 amide bonds. The lowest BCUT2D eigenvalue weighted by atomic mass is 9.98. The van der Waals surface area contributed by atoms with Crippen LogP contribution >= 0.6 is 23.2 Å². The minimum atomic E-state index is -1.08. The first-order valence-electron chi connectivity index (χ1n) is 10.3. The molecule has 2 heterocycles. The summed E-state index contributed by atoms with van der Waals surface area (Å²) in [7, 11) is 4.21. The van der Waals surface area contributed by atoms with Crippen LogP contribution in [-0.4, -0.2) is 38.1 Å². The van der Waals surface area contributed by atoms with Crippen LogP contribution in [0.4, 0.5) is 5.69 Å². The summed E-state index contributed by atoms with van der Waals surface area (Å²) in [6.45, 7) is 1.73. The van der Waals surface area contributed by atoms with Gasteiger partial charge >= 0.3 is 0 Å². The second kappa shape index (κ2) is 9.56. The Morgan fingerprint density at radius 1 is 1.00 bits per heavy atom. The Hall–Kier alpha value is -3.62. The zero-order chi connectivity index (χ0) is 25.4. The van der Waals surface area contributed by atoms with Crippen LogP contribution in [0.1, 0.15) is 23.1 Å². The molecule has 1 fully saturated rings. The number of ether oxygens (including phenoxy) is 3. The molecule has 0 radical (unpaired) electrons. The number of furan rings is 1. The van der Waals surface area contributed by atoms with Gasteiger partial charge < -0.3 is 23.7 Å². The molecule has 8 nitrogen and oxygen atoms in total. The summed E-state index contributed by atoms with van der Waals surface area (Å²) >= 11 is 12.7. The number of halogens is 2. The predicted octanol–water partition coefficient (Wildman–Crippen LogP) is 5.55. The number of methoxy groups -OCH3 is 3. The highest BCUT2D eigenvalue weighted by molar-refractivity contribution is 6.52. The van der Waals surface area contributed by atoms with Crippen molar-refractivity contribution in [3.8, 4) is 17.2 Å². The van der Waals surface area contributed by atoms with Crippen LogP contribution in [0.5, 0.6) is 17.2 Å². The fourth-order valence-electron chi connectivity index (χ4n) is 4.02. The van der Waals surface area contributed by atoms with Gasteiger partial charge in [0.15, 0.2) is 11.5 Å². The van der Waals surface area contributed by atoms with Crippen molar-refractivity contribution in [1.82, 2.24) is 0 Å². The first-order chi connectivity index (χ1) is 16.7. The van der Waals surface area contributed by atoms with Crippen molar-refractivity contribution < 1.29 is 33.3 Å². The Morgan fingerprint density at radius 2 is 1.71 bits per heavy atom. The van der Waals surface area contributed by atoms with Gasteiger partial charge in [0.2, 0.25) is 0 Å². The Morgan fingerprint density at radius 3 is 2.31 bits per heavy atom. The van der Waals surface area contributed by atoms with Gasteiger partial charge in [-0.15, -0.1) is 0 Å². The van der Waals surface area contributed by atoms with E-state index in [1.165, 1.54) is 32.3 Å². The lowest BCUT2D eigenvalue weighted by Gasteiger charge is -2.24. The molecule has 182 valence electrons. The average molecular weight is 518 g/mol. The highest BCUT2D eigenvalue weighted by Crippen LogP contribution is 2.48. The minimum Gasteiger partial charge on any atom is -0.507 e. The second-order valence-electron chi connectivity index (χ2n) is 7.61. The molecule has 1 atom stereocenters. The smallest absolute Gasteiger partial charge is 0.300 e. The maximum absolute atomic E-state index is 13.3. The van der Waals surface area contributed by atoms with Gasteiger partial charge in [-0.25, -0.2) is 0 Å². The van der Waals surface area contributed by atoms with Crippen molar-refractivity contribution in [2.45, 2.75) is 13.0 Å². The van der Waals surface area contributed by atoms with Crippen molar-refractivity contribution in [2.75, 3.05) is 26.2 Å². The SMILES string of the molecule is COc1cccc(N2C(=O)C(=O)/C(=C(/O)c3cc(Cl)c(OC)c(Cl)c3OC)C2c2ccc(C)o2)c1. The van der Waals surface area contributed by atoms with Crippen LogP contribution in [0.2, 0.25) is 10.0 Å². The van der Waals surface area contributed by atoms with Gasteiger partial charge in [0, 0.05) is 11.8 Å². The van der Waals surface area contributed by atoms with Crippen LogP contribution < -0.4 is 19.1 Å². The predicted molar refractivity (Wildman–Crippen MR) is 131 cm³/mol. The molecule has 0 aliphatic carbocycles. The van der Waals surface area contributed by atoms with Crippen molar-refractivity contribution in [3.05, 3.63) is 75.2 Å². The molecule has 10 heteroatoms. The zero-order valence-corrected chi connectivity index (χ0v) is 20.7. The summed E-state index contributed by atoms with van der Waals surface area (Å²) in [5.41, 5.74) is 0.172. The summed E-state index contributed by atoms with van der Waals surface area (Å²) in [5, 5.41) is 11.5. The first-order valence-corrected chi connectivity index (χ1v) is 11.1. The number of hydrogen-bond acceptors (Lipinski definition) is 7. The van der Waals surface area contributed by atoms with Gasteiger partial charge in [0.1, 0.15) is 34.1 Å². The molecule has 1 aliphatic heterocycles. The van der Waals surface area contributed by atoms with E-state index in [1.807, 2.05) is 0 Å². The average Bonchev–Trinajstić information content (AvgIpc) is 3.39. The number of hydrogen-bond donors (Lipinski definition) is 1. The number of ketones is 1. The Balaban J connectivity index is 2.00. The van der Waals surface area contributed by atoms with Crippen molar-refractivity contribution in [2.24, 2.45) is 0 Å². The number of aliphatic hydroxyl groups excluding tert-OH is 1. The van der Waals surface area contributed by atoms with Gasteiger partial charge in [0.25, 0.3) is 11.7 Å². The summed E-state index contributed by atoms with van der Waals surface area (Å²) in [6.07, 6.45) is 0. The fourth-order valence-corrected chi connectivity index (χ4v) is 4.71. The third-order valence-electron chi connectivity index (χ3n) is 5.60. The van der Waals surface area contributed by atoms with Gasteiger partial charge in [-0.05, 0) is 37.3 Å². The molecule has 3 aromatic rings. The number of nitrogens with zero attached hydrogens (tertiary/aromatic N) is 1. The number of aliphatic hydroxyl groups is 1. The highest BCUT2D eigenvalue weighted by atomic mass is 35.5. The molecule has 1 aromatic heterocycles. The molecule has 1 unspecified atom stereocenters. The zero-order valence-electron chi connectivity index (χ0n) is 19.2. The Bertz CT molecular complexity index is 1360. The minimum absolute atomic E-state index is 0.00327. The number of Topliss-reactive ketones (excluding diaryl/α,β-unsaturated/α-hetero) is 1. The number of benzene rings is 2. The third kappa shape index (κ3) is 4.09. The van der Waals surface area contributed by atoms with Gasteiger partial charge in [-0.1, -0.05) is 29.3 Å². The van der Waals surface area contributed by atoms with E-state index in [-0.39, 0.29) is 38.4 Å². The number of carbonyl (C=O) groups is 2. The quantitative estimate of drug-likeness (QED) is 0.260. The highest BCUT2D eigenvalue weighted by Gasteiger charge is 2.49. The molecule has 0 saturated carbocycles. The molecule has 0 spiro atoms. The van der Waals surface area contributed by atoms with E-state index in [0.717, 1.165) is 0 Å². The third-order valence-corrected chi connectivity index (χ3v) is 6.23. The molecule has 1 saturated heterocycles. The van der Waals surface area contributed by atoms with Crippen molar-refractivity contribution >= 4 is 46.3 Å². The monoisotopic (exact) mass is 517 g/mol. The molecule has 2 aromatic carbocycles. The molecule has 4 rings (SSSR count). The molecule has 1 N–H and O–H groups in total. The van der Waals surface area contributed by atoms with E-state index in [2.05, 4.69) is 0 Å². The second-order valence-corrected chi connectivity index (χ2v) is 8.39. The van der Waals surface area contributed by atoms with E-state index < -0.39 is 23.5 Å². The van der Waals surface area contributed by atoms with E-state index in [9.17, 15) is 14.7 Å². The topological polar surface area (TPSA) is 98.4 Å². The number of amides is 1. The van der Waals surface area contributed by atoms with E-state index >= 15 is 0 Å². The van der Waals surface area contributed by atoms with Crippen LogP contribution in [-0.2, 0) is 9.59 Å². The summed E-state index contributed by atoms with van der Waals surface area (Å²) in [4.78, 5) is 27.8. The molecule has 35 heavy (non-hydrogen) atoms. The van der Waals surface area contributed by atoms with Crippen LogP contribution in [0.3, 0.4) is 0 Å². The summed E-state index contributed by atoms with van der Waals surface area (Å²) in [5.74, 6) is -0.840. The number of anilines is 1. The van der Waals surface area contributed by atoms with Crippen molar-refractivity contribution in [1.29, 1.82) is 0 Å². The summed E-state index contributed by atoms with van der Waals surface area (Å²) in [6, 6.07) is 10.3. The van der Waals surface area contributed by atoms with Crippen LogP contribution in [0.15, 0.2) is 52.5 Å². The van der Waals surface area contributed by atoms with E-state index in [0.29, 0.717) is 17.2 Å².